The number of nitrogens with zero attached hydrogens (tertiary/aromatic N) is 3. The van der Waals surface area contributed by atoms with Gasteiger partial charge in [0.15, 0.2) is 0 Å². The molecule has 3 rings (SSSR count). The summed E-state index contributed by atoms with van der Waals surface area (Å²) in [6.45, 7) is 10.9. The molecule has 1 saturated heterocycles. The summed E-state index contributed by atoms with van der Waals surface area (Å²) in [5, 5.41) is 23.3. The predicted molar refractivity (Wildman–Crippen MR) is 344 cm³/mol. The predicted octanol–water partition coefficient (Wildman–Crippen LogP) is 0.173. The molecule has 524 valence electrons. The van der Waals surface area contributed by atoms with Crippen LogP contribution in [0.3, 0.4) is 0 Å². The Morgan fingerprint density at radius 3 is 1.72 bits per heavy atom. The molecule has 29 nitrogen and oxygen atoms in total. The molecule has 92 heavy (non-hydrogen) atoms. The quantitative estimate of drug-likeness (QED) is 0.0239. The largest absolute Gasteiger partial charge is 0.394 e. The van der Waals surface area contributed by atoms with E-state index in [0.717, 1.165) is 44.9 Å². The van der Waals surface area contributed by atoms with Crippen LogP contribution in [0.5, 0.6) is 0 Å². The SMILES string of the molecule is CC(C)C[C@H](NC(=O)[C@@H]1CCCN1C(=O)CCOCCOCCOCCOCCOCCOCCOCCOCCNC(=O)[C@@H](N)CS)C(=O)N[C@@H](Cc1cncn1CCCCCCCCc1ccccc1)C(=O)N[C@@H](CO)C(=O)N[C@H](C(N)=O)[C@@H](C)CP(=O)(O)O. The number of nitrogens with two attached hydrogens (primary N) is 2. The zero-order chi connectivity index (χ0) is 67.4. The van der Waals surface area contributed by atoms with Crippen LogP contribution in [0.4, 0.5) is 0 Å². The molecule has 1 aliphatic heterocycles. The number of aromatic nitrogens is 2. The number of amides is 7. The van der Waals surface area contributed by atoms with E-state index in [-0.39, 0.29) is 62.6 Å². The maximum Gasteiger partial charge on any atom is 0.325 e. The first-order chi connectivity index (χ1) is 44.2. The van der Waals surface area contributed by atoms with Crippen LogP contribution in [-0.2, 0) is 95.4 Å². The molecule has 2 aromatic rings. The number of aryl methyl sites for hydroxylation is 2. The summed E-state index contributed by atoms with van der Waals surface area (Å²) in [5.74, 6) is -5.94. The number of ether oxygens (including phenoxy) is 8. The van der Waals surface area contributed by atoms with E-state index in [0.29, 0.717) is 124 Å². The van der Waals surface area contributed by atoms with E-state index in [1.807, 2.05) is 36.6 Å². The van der Waals surface area contributed by atoms with Crippen LogP contribution in [0.25, 0.3) is 0 Å². The molecule has 1 aliphatic rings. The minimum atomic E-state index is -4.65. The molecule has 7 atom stereocenters. The number of aliphatic hydroxyl groups is 1. The van der Waals surface area contributed by atoms with Gasteiger partial charge in [0.1, 0.15) is 30.2 Å². The number of aliphatic hydroxyl groups excluding tert-OH is 1. The average Bonchev–Trinajstić information content (AvgIpc) is 2.09. The van der Waals surface area contributed by atoms with Crippen LogP contribution in [-0.4, -0.2) is 244 Å². The highest BCUT2D eigenvalue weighted by Crippen LogP contribution is 2.37. The number of hydrogen-bond donors (Lipinski definition) is 11. The van der Waals surface area contributed by atoms with Gasteiger partial charge in [-0.2, -0.15) is 12.6 Å². The summed E-state index contributed by atoms with van der Waals surface area (Å²) in [6.07, 6.45) is 10.3. The van der Waals surface area contributed by atoms with Crippen molar-refractivity contribution in [1.29, 1.82) is 0 Å². The maximum atomic E-state index is 14.4. The summed E-state index contributed by atoms with van der Waals surface area (Å²) >= 11 is 3.99. The zero-order valence-electron chi connectivity index (χ0n) is 54.0. The molecule has 0 unspecified atom stereocenters. The summed E-state index contributed by atoms with van der Waals surface area (Å²) in [5.41, 5.74) is 13.0. The van der Waals surface area contributed by atoms with Crippen LogP contribution in [0, 0.1) is 11.8 Å². The number of primary amides is 1. The van der Waals surface area contributed by atoms with E-state index in [2.05, 4.69) is 56.3 Å². The number of nitrogens with one attached hydrogen (secondary N) is 5. The molecule has 1 aromatic heterocycles. The number of benzene rings is 1. The van der Waals surface area contributed by atoms with Gasteiger partial charge in [0.2, 0.25) is 41.4 Å². The summed E-state index contributed by atoms with van der Waals surface area (Å²) in [6, 6.07) is 2.96. The fourth-order valence-corrected chi connectivity index (χ4v) is 10.9. The monoisotopic (exact) mass is 1340 g/mol. The second-order valence-corrected chi connectivity index (χ2v) is 24.9. The number of thiol groups is 1. The average molecular weight is 1350 g/mol. The van der Waals surface area contributed by atoms with Gasteiger partial charge in [-0.1, -0.05) is 76.8 Å². The third kappa shape index (κ3) is 35.9. The number of unbranched alkanes of at least 4 members (excludes halogenated alkanes) is 5. The molecule has 0 saturated carbocycles. The number of carbonyl (C=O) groups excluding carboxylic acids is 7. The highest BCUT2D eigenvalue weighted by Gasteiger charge is 2.38. The highest BCUT2D eigenvalue weighted by atomic mass is 32.1. The molecule has 12 N–H and O–H groups in total. The zero-order valence-corrected chi connectivity index (χ0v) is 55.8. The van der Waals surface area contributed by atoms with E-state index < -0.39 is 92.1 Å². The van der Waals surface area contributed by atoms with Gasteiger partial charge in [0.05, 0.1) is 137 Å². The number of likely N-dealkylation sites (tertiary alicyclic amines) is 1. The first-order valence-corrected chi connectivity index (χ1v) is 34.4. The maximum absolute atomic E-state index is 14.4. The van der Waals surface area contributed by atoms with E-state index in [4.69, 9.17) is 49.4 Å². The molecule has 0 bridgehead atoms. The second kappa shape index (κ2) is 48.5. The third-order valence-electron chi connectivity index (χ3n) is 14.7. The third-order valence-corrected chi connectivity index (χ3v) is 16.1. The lowest BCUT2D eigenvalue weighted by atomic mass is 10.0. The van der Waals surface area contributed by atoms with Crippen molar-refractivity contribution in [2.45, 2.75) is 141 Å². The van der Waals surface area contributed by atoms with Gasteiger partial charge in [-0.05, 0) is 55.9 Å². The molecule has 0 spiro atoms. The van der Waals surface area contributed by atoms with Crippen molar-refractivity contribution in [3.8, 4) is 0 Å². The molecule has 0 radical (unpaired) electrons. The Labute approximate surface area is 546 Å². The van der Waals surface area contributed by atoms with Crippen molar-refractivity contribution in [2.24, 2.45) is 23.3 Å². The molecular weight excluding hydrogens is 1240 g/mol. The summed E-state index contributed by atoms with van der Waals surface area (Å²) in [7, 11) is -4.65. The lowest BCUT2D eigenvalue weighted by Crippen LogP contribution is -2.60. The lowest BCUT2D eigenvalue weighted by Gasteiger charge is -2.29. The number of hydrogen-bond acceptors (Lipinski definition) is 20. The van der Waals surface area contributed by atoms with Gasteiger partial charge >= 0.3 is 7.60 Å². The minimum Gasteiger partial charge on any atom is -0.394 e. The second-order valence-electron chi connectivity index (χ2n) is 22.8. The first-order valence-electron chi connectivity index (χ1n) is 32.0. The Morgan fingerprint density at radius 2 is 1.18 bits per heavy atom. The minimum absolute atomic E-state index is 0.0000160. The lowest BCUT2D eigenvalue weighted by molar-refractivity contribution is -0.140. The van der Waals surface area contributed by atoms with Crippen molar-refractivity contribution in [1.82, 2.24) is 41.0 Å². The Bertz CT molecular complexity index is 2450. The number of rotatable bonds is 55. The molecule has 1 fully saturated rings. The Morgan fingerprint density at radius 1 is 0.674 bits per heavy atom. The molecule has 0 aliphatic carbocycles. The Hall–Kier alpha value is -5.18. The first kappa shape index (κ1) is 81.1. The fourth-order valence-electron chi connectivity index (χ4n) is 9.78. The van der Waals surface area contributed by atoms with Gasteiger partial charge in [0, 0.05) is 43.7 Å². The molecule has 2 heterocycles. The van der Waals surface area contributed by atoms with Gasteiger partial charge in [-0.25, -0.2) is 4.98 Å². The van der Waals surface area contributed by atoms with E-state index in [1.165, 1.54) is 17.4 Å². The Kier molecular flexibility index (Phi) is 42.7. The van der Waals surface area contributed by atoms with Crippen molar-refractivity contribution in [3.05, 3.63) is 54.1 Å². The van der Waals surface area contributed by atoms with Gasteiger partial charge < -0.3 is 100 Å². The van der Waals surface area contributed by atoms with Gasteiger partial charge in [-0.3, -0.25) is 38.1 Å². The molecular formula is C61H105N10O19PS. The topological polar surface area (TPSA) is 404 Å². The Balaban J connectivity index is 1.42. The normalized spacial score (nSPS) is 15.3. The standard InChI is InChI=1S/C61H105N10O19PS/c1-45(2)38-50(67-61(79)53-17-13-21-71(53)54(73)18-22-83-24-26-85-28-30-87-32-34-89-36-37-90-35-33-88-31-29-86-27-25-84-23-19-65-57(75)49(62)43-92)58(76)66-51(59(77)68-52(41-72)60(78)69-55(56(63)74)46(3)42-91(80,81)82)39-48-40-64-44-70(48)20-12-7-5-4-6-9-14-47-15-10-8-11-16-47/h8,10-11,15-16,40,44-46,49-53,55,72,92H,4-7,9,12-14,17-39,41-43,62H2,1-3H3,(H2,63,74)(H,65,75)(H,66,76)(H,67,79)(H,68,77)(H,69,78)(H2,80,81,82)/t46-,49-,50-,51-,52-,53-,55-/m0/s1. The van der Waals surface area contributed by atoms with Crippen molar-refractivity contribution in [3.63, 3.8) is 0 Å². The molecule has 1 aromatic carbocycles. The van der Waals surface area contributed by atoms with Crippen LogP contribution in [0.15, 0.2) is 42.9 Å². The van der Waals surface area contributed by atoms with Crippen molar-refractivity contribution in [2.75, 3.05) is 137 Å². The van der Waals surface area contributed by atoms with Crippen LogP contribution < -0.4 is 38.1 Å². The molecule has 7 amide bonds. The molecule has 31 heteroatoms. The van der Waals surface area contributed by atoms with Gasteiger partial charge in [0.25, 0.3) is 0 Å². The van der Waals surface area contributed by atoms with E-state index in [9.17, 15) is 53.0 Å². The van der Waals surface area contributed by atoms with Crippen molar-refractivity contribution < 1.29 is 90.9 Å². The van der Waals surface area contributed by atoms with Crippen LogP contribution >= 0.6 is 20.2 Å². The van der Waals surface area contributed by atoms with Gasteiger partial charge in [-0.15, -0.1) is 0 Å². The van der Waals surface area contributed by atoms with Crippen LogP contribution in [0.2, 0.25) is 0 Å². The van der Waals surface area contributed by atoms with E-state index in [1.54, 1.807) is 12.5 Å². The smallest absolute Gasteiger partial charge is 0.325 e. The van der Waals surface area contributed by atoms with E-state index >= 15 is 0 Å². The summed E-state index contributed by atoms with van der Waals surface area (Å²) in [4.78, 5) is 119. The summed E-state index contributed by atoms with van der Waals surface area (Å²) < 4.78 is 57.8. The number of imidazole rings is 1. The fraction of sp³-hybridized carbons (Fsp3) is 0.738. The van der Waals surface area contributed by atoms with Crippen LogP contribution in [0.1, 0.15) is 96.2 Å². The highest BCUT2D eigenvalue weighted by molar-refractivity contribution is 7.80. The number of carbonyl (C=O) groups is 7. The van der Waals surface area contributed by atoms with Crippen molar-refractivity contribution >= 4 is 61.6 Å².